The molecule has 3 heterocycles. The lowest BCUT2D eigenvalue weighted by Crippen LogP contribution is -2.54. The number of amides is 1. The fraction of sp³-hybridized carbons (Fsp3) is 0.789. The van der Waals surface area contributed by atoms with Crippen LogP contribution >= 0.6 is 0 Å². The zero-order valence-electron chi connectivity index (χ0n) is 15.7. The molecule has 0 bridgehead atoms. The van der Waals surface area contributed by atoms with Gasteiger partial charge in [0.05, 0.1) is 12.2 Å². The molecular weight excluding hydrogens is 316 g/mol. The van der Waals surface area contributed by atoms with E-state index in [1.807, 2.05) is 11.6 Å². The Morgan fingerprint density at radius 1 is 1.24 bits per heavy atom. The molecule has 1 atom stereocenters. The third kappa shape index (κ3) is 4.82. The van der Waals surface area contributed by atoms with Crippen molar-refractivity contribution in [2.75, 3.05) is 46.4 Å². The van der Waals surface area contributed by atoms with Gasteiger partial charge in [-0.05, 0) is 45.2 Å². The molecule has 2 saturated heterocycles. The highest BCUT2D eigenvalue weighted by Crippen LogP contribution is 2.38. The van der Waals surface area contributed by atoms with Crippen molar-refractivity contribution in [3.05, 3.63) is 18.0 Å². The molecule has 0 aliphatic carbocycles. The molecule has 1 aromatic heterocycles. The molecule has 1 spiro atoms. The first kappa shape index (κ1) is 18.4. The number of methoxy groups -OCH3 is 1. The molecule has 3 rings (SSSR count). The fourth-order valence-corrected chi connectivity index (χ4v) is 4.37. The van der Waals surface area contributed by atoms with Gasteiger partial charge in [0.1, 0.15) is 0 Å². The Kier molecular flexibility index (Phi) is 6.12. The van der Waals surface area contributed by atoms with Crippen LogP contribution in [0.5, 0.6) is 0 Å². The molecule has 0 saturated carbocycles. The molecule has 6 heteroatoms. The normalized spacial score (nSPS) is 25.0. The van der Waals surface area contributed by atoms with Gasteiger partial charge in [-0.3, -0.25) is 9.48 Å². The van der Waals surface area contributed by atoms with Crippen LogP contribution in [0.25, 0.3) is 0 Å². The zero-order chi connectivity index (χ0) is 17.7. The van der Waals surface area contributed by atoms with Gasteiger partial charge in [0, 0.05) is 57.9 Å². The van der Waals surface area contributed by atoms with Crippen LogP contribution in [0.3, 0.4) is 0 Å². The lowest BCUT2D eigenvalue weighted by atomic mass is 9.73. The summed E-state index contributed by atoms with van der Waals surface area (Å²) >= 11 is 0. The van der Waals surface area contributed by atoms with Crippen LogP contribution < -0.4 is 0 Å². The monoisotopic (exact) mass is 348 g/mol. The lowest BCUT2D eigenvalue weighted by Gasteiger charge is -2.48. The predicted molar refractivity (Wildman–Crippen MR) is 97.4 cm³/mol. The van der Waals surface area contributed by atoms with E-state index in [1.165, 1.54) is 19.4 Å². The summed E-state index contributed by atoms with van der Waals surface area (Å²) in [6.45, 7) is 8.78. The summed E-state index contributed by atoms with van der Waals surface area (Å²) in [6.07, 6.45) is 7.23. The van der Waals surface area contributed by atoms with E-state index >= 15 is 0 Å². The molecule has 2 aliphatic heterocycles. The van der Waals surface area contributed by atoms with Crippen molar-refractivity contribution in [2.24, 2.45) is 5.41 Å². The van der Waals surface area contributed by atoms with E-state index in [4.69, 9.17) is 4.74 Å². The third-order valence-corrected chi connectivity index (χ3v) is 5.68. The van der Waals surface area contributed by atoms with Gasteiger partial charge in [-0.15, -0.1) is 0 Å². The van der Waals surface area contributed by atoms with Gasteiger partial charge in [0.15, 0.2) is 0 Å². The topological polar surface area (TPSA) is 50.6 Å². The molecule has 25 heavy (non-hydrogen) atoms. The molecule has 6 nitrogen and oxygen atoms in total. The Balaban J connectivity index is 1.54. The Labute approximate surface area is 151 Å². The van der Waals surface area contributed by atoms with Crippen LogP contribution in [-0.4, -0.2) is 71.9 Å². The highest BCUT2D eigenvalue weighted by molar-refractivity contribution is 5.77. The summed E-state index contributed by atoms with van der Waals surface area (Å²) in [5.41, 5.74) is 1.37. The first-order chi connectivity index (χ1) is 12.1. The van der Waals surface area contributed by atoms with Crippen LogP contribution in [-0.2, 0) is 16.1 Å². The van der Waals surface area contributed by atoms with Crippen LogP contribution in [0.4, 0.5) is 0 Å². The number of hydrogen-bond acceptors (Lipinski definition) is 4. The summed E-state index contributed by atoms with van der Waals surface area (Å²) < 4.78 is 7.18. The van der Waals surface area contributed by atoms with Gasteiger partial charge >= 0.3 is 0 Å². The molecule has 2 aliphatic rings. The van der Waals surface area contributed by atoms with Crippen LogP contribution in [0.15, 0.2) is 12.3 Å². The third-order valence-electron chi connectivity index (χ3n) is 5.68. The summed E-state index contributed by atoms with van der Waals surface area (Å²) in [5.74, 6) is 0.325. The maximum absolute atomic E-state index is 12.3. The number of hydrogen-bond donors (Lipinski definition) is 0. The molecule has 0 radical (unpaired) electrons. The minimum Gasteiger partial charge on any atom is -0.385 e. The van der Waals surface area contributed by atoms with Crippen molar-refractivity contribution in [1.82, 2.24) is 19.6 Å². The number of piperidine rings is 2. The van der Waals surface area contributed by atoms with Crippen LogP contribution in [0.2, 0.25) is 0 Å². The molecule has 140 valence electrons. The number of carbonyl (C=O) groups excluding carboxylic acids is 1. The molecular formula is C19H32N4O2. The highest BCUT2D eigenvalue weighted by Gasteiger charge is 2.41. The zero-order valence-corrected chi connectivity index (χ0v) is 15.7. The van der Waals surface area contributed by atoms with Crippen LogP contribution in [0, 0.1) is 12.3 Å². The van der Waals surface area contributed by atoms with E-state index in [2.05, 4.69) is 27.2 Å². The predicted octanol–water partition coefficient (Wildman–Crippen LogP) is 1.93. The van der Waals surface area contributed by atoms with Gasteiger partial charge in [-0.2, -0.15) is 5.10 Å². The average Bonchev–Trinajstić information content (AvgIpc) is 3.02. The second kappa shape index (κ2) is 8.32. The van der Waals surface area contributed by atoms with E-state index in [0.29, 0.717) is 17.7 Å². The van der Waals surface area contributed by atoms with E-state index in [-0.39, 0.29) is 0 Å². The second-order valence-corrected chi connectivity index (χ2v) is 7.76. The molecule has 0 unspecified atom stereocenters. The molecule has 0 N–H and O–H groups in total. The quantitative estimate of drug-likeness (QED) is 0.707. The minimum absolute atomic E-state index is 0.291. The van der Waals surface area contributed by atoms with Crippen LogP contribution in [0.1, 0.15) is 37.8 Å². The number of rotatable bonds is 7. The second-order valence-electron chi connectivity index (χ2n) is 7.76. The number of carbonyl (C=O) groups is 1. The largest absolute Gasteiger partial charge is 0.385 e. The van der Waals surface area contributed by atoms with E-state index in [1.54, 1.807) is 7.11 Å². The van der Waals surface area contributed by atoms with Crippen molar-refractivity contribution in [2.45, 2.75) is 45.6 Å². The summed E-state index contributed by atoms with van der Waals surface area (Å²) in [5, 5.41) is 4.49. The van der Waals surface area contributed by atoms with Gasteiger partial charge in [-0.25, -0.2) is 0 Å². The first-order valence-electron chi connectivity index (χ1n) is 9.59. The summed E-state index contributed by atoms with van der Waals surface area (Å²) in [6, 6.07) is 2.06. The van der Waals surface area contributed by atoms with Gasteiger partial charge < -0.3 is 14.5 Å². The van der Waals surface area contributed by atoms with Crippen molar-refractivity contribution in [3.8, 4) is 0 Å². The number of likely N-dealkylation sites (tertiary alicyclic amines) is 2. The maximum Gasteiger partial charge on any atom is 0.222 e. The number of aryl methyl sites for hydroxylation is 1. The molecule has 2 fully saturated rings. The SMILES string of the molecule is COCCCN1C[C@@]2(CCCN(CCn3ccc(C)n3)C2)CCC1=O. The summed E-state index contributed by atoms with van der Waals surface area (Å²) in [7, 11) is 1.72. The van der Waals surface area contributed by atoms with Gasteiger partial charge in [0.2, 0.25) is 5.91 Å². The lowest BCUT2D eigenvalue weighted by molar-refractivity contribution is -0.139. The molecule has 0 aromatic carbocycles. The summed E-state index contributed by atoms with van der Waals surface area (Å²) in [4.78, 5) is 16.9. The Bertz CT molecular complexity index is 574. The first-order valence-corrected chi connectivity index (χ1v) is 9.59. The van der Waals surface area contributed by atoms with E-state index in [9.17, 15) is 4.79 Å². The van der Waals surface area contributed by atoms with Crippen molar-refractivity contribution in [1.29, 1.82) is 0 Å². The van der Waals surface area contributed by atoms with E-state index < -0.39 is 0 Å². The molecule has 1 aromatic rings. The van der Waals surface area contributed by atoms with Crippen molar-refractivity contribution in [3.63, 3.8) is 0 Å². The minimum atomic E-state index is 0.291. The number of aromatic nitrogens is 2. The smallest absolute Gasteiger partial charge is 0.222 e. The number of ether oxygens (including phenoxy) is 1. The van der Waals surface area contributed by atoms with Gasteiger partial charge in [0.25, 0.3) is 0 Å². The van der Waals surface area contributed by atoms with Crippen molar-refractivity contribution < 1.29 is 9.53 Å². The molecule has 1 amide bonds. The Morgan fingerprint density at radius 3 is 2.88 bits per heavy atom. The maximum atomic E-state index is 12.3. The Hall–Kier alpha value is -1.40. The van der Waals surface area contributed by atoms with Crippen molar-refractivity contribution >= 4 is 5.91 Å². The standard InChI is InChI=1S/C19H32N4O2/c1-17-6-11-23(20-17)13-12-21-9-3-7-19(15-21)8-5-18(24)22(16-19)10-4-14-25-2/h6,11H,3-5,7-10,12-16H2,1-2H3/t19-/m0/s1. The number of nitrogens with zero attached hydrogens (tertiary/aromatic N) is 4. The Morgan fingerprint density at radius 2 is 2.12 bits per heavy atom. The fourth-order valence-electron chi connectivity index (χ4n) is 4.37. The average molecular weight is 348 g/mol. The highest BCUT2D eigenvalue weighted by atomic mass is 16.5. The van der Waals surface area contributed by atoms with E-state index in [0.717, 1.165) is 57.9 Å². The van der Waals surface area contributed by atoms with Gasteiger partial charge in [-0.1, -0.05) is 0 Å².